The molecule has 0 bridgehead atoms. The van der Waals surface area contributed by atoms with Gasteiger partial charge in [0.25, 0.3) is 0 Å². The molecule has 16 heavy (non-hydrogen) atoms. The third kappa shape index (κ3) is 2.35. The smallest absolute Gasteiger partial charge is 0.0833 e. The zero-order valence-corrected chi connectivity index (χ0v) is 11.3. The Hall–Kier alpha value is -0.690. The van der Waals surface area contributed by atoms with Crippen molar-refractivity contribution < 1.29 is 0 Å². The Kier molecular flexibility index (Phi) is 3.75. The summed E-state index contributed by atoms with van der Waals surface area (Å²) in [5, 5.41) is 4.25. The number of hydrogen-bond acceptors (Lipinski definition) is 4. The Labute approximate surface area is 107 Å². The number of thiophene rings is 1. The minimum absolute atomic E-state index is 0.0107. The molecule has 2 heterocycles. The second-order valence-corrected chi connectivity index (χ2v) is 5.87. The first-order chi connectivity index (χ1) is 7.74. The summed E-state index contributed by atoms with van der Waals surface area (Å²) in [4.78, 5) is 1.17. The molecule has 0 aliphatic carbocycles. The molecule has 6 heteroatoms. The number of aromatic nitrogens is 2. The summed E-state index contributed by atoms with van der Waals surface area (Å²) in [5.74, 6) is 5.60. The summed E-state index contributed by atoms with van der Waals surface area (Å²) >= 11 is 5.12. The fourth-order valence-corrected chi connectivity index (χ4v) is 3.04. The SMILES string of the molecule is CCn1cc(C(NN)c2ccc(Br)s2)cn1. The van der Waals surface area contributed by atoms with Gasteiger partial charge >= 0.3 is 0 Å². The van der Waals surface area contributed by atoms with E-state index in [1.54, 1.807) is 11.3 Å². The number of nitrogens with one attached hydrogen (secondary N) is 1. The largest absolute Gasteiger partial charge is 0.273 e. The fraction of sp³-hybridized carbons (Fsp3) is 0.300. The lowest BCUT2D eigenvalue weighted by atomic mass is 10.1. The Bertz CT molecular complexity index is 465. The van der Waals surface area contributed by atoms with Crippen molar-refractivity contribution in [2.75, 3.05) is 0 Å². The van der Waals surface area contributed by atoms with Crippen molar-refractivity contribution in [1.82, 2.24) is 15.2 Å². The van der Waals surface area contributed by atoms with E-state index in [2.05, 4.69) is 39.4 Å². The van der Waals surface area contributed by atoms with Crippen LogP contribution >= 0.6 is 27.3 Å². The molecule has 0 fully saturated rings. The standard InChI is InChI=1S/C10H13BrN4S/c1-2-15-6-7(5-13-15)10(14-12)8-3-4-9(11)16-8/h3-6,10,14H,2,12H2,1H3. The maximum absolute atomic E-state index is 5.60. The molecule has 2 rings (SSSR count). The van der Waals surface area contributed by atoms with E-state index in [-0.39, 0.29) is 6.04 Å². The first-order valence-corrected chi connectivity index (χ1v) is 6.59. The van der Waals surface area contributed by atoms with E-state index in [1.807, 2.05) is 23.1 Å². The van der Waals surface area contributed by atoms with Gasteiger partial charge in [0.1, 0.15) is 0 Å². The van der Waals surface area contributed by atoms with Crippen LogP contribution in [-0.4, -0.2) is 9.78 Å². The molecule has 1 unspecified atom stereocenters. The molecule has 0 aliphatic rings. The van der Waals surface area contributed by atoms with Crippen LogP contribution in [-0.2, 0) is 6.54 Å². The molecule has 3 N–H and O–H groups in total. The quantitative estimate of drug-likeness (QED) is 0.673. The lowest BCUT2D eigenvalue weighted by Crippen LogP contribution is -2.27. The molecule has 0 radical (unpaired) electrons. The molecule has 0 aliphatic heterocycles. The first kappa shape index (κ1) is 11.8. The molecule has 4 nitrogen and oxygen atoms in total. The van der Waals surface area contributed by atoms with Crippen LogP contribution in [0.3, 0.4) is 0 Å². The molecule has 1 atom stereocenters. The van der Waals surface area contributed by atoms with Gasteiger partial charge in [0.05, 0.1) is 16.0 Å². The van der Waals surface area contributed by atoms with Crippen molar-refractivity contribution in [3.8, 4) is 0 Å². The number of hydrazine groups is 1. The average molecular weight is 301 g/mol. The van der Waals surface area contributed by atoms with Crippen molar-refractivity contribution >= 4 is 27.3 Å². The zero-order valence-electron chi connectivity index (χ0n) is 8.85. The predicted octanol–water partition coefficient (Wildman–Crippen LogP) is 2.28. The number of aryl methyl sites for hydroxylation is 1. The van der Waals surface area contributed by atoms with Crippen molar-refractivity contribution in [1.29, 1.82) is 0 Å². The van der Waals surface area contributed by atoms with Gasteiger partial charge < -0.3 is 0 Å². The molecule has 0 saturated carbocycles. The number of nitrogens with zero attached hydrogens (tertiary/aromatic N) is 2. The van der Waals surface area contributed by atoms with Gasteiger partial charge in [0.15, 0.2) is 0 Å². The number of hydrogen-bond donors (Lipinski definition) is 2. The highest BCUT2D eigenvalue weighted by Gasteiger charge is 2.16. The summed E-state index contributed by atoms with van der Waals surface area (Å²) in [7, 11) is 0. The van der Waals surface area contributed by atoms with Crippen LogP contribution in [0.4, 0.5) is 0 Å². The number of rotatable bonds is 4. The van der Waals surface area contributed by atoms with E-state index in [9.17, 15) is 0 Å². The molecule has 0 saturated heterocycles. The van der Waals surface area contributed by atoms with Crippen LogP contribution < -0.4 is 11.3 Å². The van der Waals surface area contributed by atoms with Gasteiger partial charge in [-0.2, -0.15) is 5.10 Å². The lowest BCUT2D eigenvalue weighted by molar-refractivity contribution is 0.637. The van der Waals surface area contributed by atoms with E-state index < -0.39 is 0 Å². The van der Waals surface area contributed by atoms with Gasteiger partial charge in [-0.15, -0.1) is 11.3 Å². The van der Waals surface area contributed by atoms with Crippen molar-refractivity contribution in [2.24, 2.45) is 5.84 Å². The van der Waals surface area contributed by atoms with Crippen LogP contribution in [0.5, 0.6) is 0 Å². The van der Waals surface area contributed by atoms with Gasteiger partial charge in [-0.25, -0.2) is 5.43 Å². The molecule has 0 spiro atoms. The number of nitrogens with two attached hydrogens (primary N) is 1. The Balaban J connectivity index is 2.28. The predicted molar refractivity (Wildman–Crippen MR) is 69.1 cm³/mol. The van der Waals surface area contributed by atoms with Crippen LogP contribution in [0.25, 0.3) is 0 Å². The minimum Gasteiger partial charge on any atom is -0.273 e. The summed E-state index contributed by atoms with van der Waals surface area (Å²) < 4.78 is 2.99. The molecular formula is C10H13BrN4S. The summed E-state index contributed by atoms with van der Waals surface area (Å²) in [5.41, 5.74) is 3.90. The normalized spacial score (nSPS) is 12.9. The maximum atomic E-state index is 5.60. The third-order valence-electron chi connectivity index (χ3n) is 2.36. The Morgan fingerprint density at radius 1 is 1.62 bits per heavy atom. The Morgan fingerprint density at radius 2 is 2.44 bits per heavy atom. The topological polar surface area (TPSA) is 55.9 Å². The minimum atomic E-state index is 0.0107. The third-order valence-corrected chi connectivity index (χ3v) is 4.04. The fourth-order valence-electron chi connectivity index (χ4n) is 1.53. The van der Waals surface area contributed by atoms with E-state index in [0.29, 0.717) is 0 Å². The van der Waals surface area contributed by atoms with E-state index in [1.165, 1.54) is 4.88 Å². The van der Waals surface area contributed by atoms with Crippen LogP contribution in [0, 0.1) is 0 Å². The average Bonchev–Trinajstić information content (AvgIpc) is 2.89. The Morgan fingerprint density at radius 3 is 2.94 bits per heavy atom. The van der Waals surface area contributed by atoms with Crippen LogP contribution in [0.1, 0.15) is 23.4 Å². The molecule has 0 amide bonds. The first-order valence-electron chi connectivity index (χ1n) is 4.98. The lowest BCUT2D eigenvalue weighted by Gasteiger charge is -2.11. The van der Waals surface area contributed by atoms with Crippen molar-refractivity contribution in [2.45, 2.75) is 19.5 Å². The van der Waals surface area contributed by atoms with Crippen molar-refractivity contribution in [3.05, 3.63) is 38.8 Å². The monoisotopic (exact) mass is 300 g/mol. The molecule has 2 aromatic heterocycles. The molecule has 86 valence electrons. The highest BCUT2D eigenvalue weighted by molar-refractivity contribution is 9.11. The highest BCUT2D eigenvalue weighted by Crippen LogP contribution is 2.30. The molecular weight excluding hydrogens is 288 g/mol. The van der Waals surface area contributed by atoms with Crippen molar-refractivity contribution in [3.63, 3.8) is 0 Å². The van der Waals surface area contributed by atoms with Crippen LogP contribution in [0.2, 0.25) is 0 Å². The van der Waals surface area contributed by atoms with E-state index >= 15 is 0 Å². The molecule has 0 aromatic carbocycles. The highest BCUT2D eigenvalue weighted by atomic mass is 79.9. The van der Waals surface area contributed by atoms with Gasteiger partial charge in [0.2, 0.25) is 0 Å². The van der Waals surface area contributed by atoms with Gasteiger partial charge in [-0.05, 0) is 35.0 Å². The second-order valence-electron chi connectivity index (χ2n) is 3.37. The zero-order chi connectivity index (χ0) is 11.5. The summed E-state index contributed by atoms with van der Waals surface area (Å²) in [6.45, 7) is 2.93. The van der Waals surface area contributed by atoms with Crippen LogP contribution in [0.15, 0.2) is 28.3 Å². The summed E-state index contributed by atoms with van der Waals surface area (Å²) in [6.07, 6.45) is 3.86. The van der Waals surface area contributed by atoms with Gasteiger partial charge in [-0.3, -0.25) is 10.5 Å². The molecule has 2 aromatic rings. The van der Waals surface area contributed by atoms with Gasteiger partial charge in [0, 0.05) is 23.2 Å². The maximum Gasteiger partial charge on any atom is 0.0833 e. The summed E-state index contributed by atoms with van der Waals surface area (Å²) in [6, 6.07) is 4.09. The number of halogens is 1. The van der Waals surface area contributed by atoms with Gasteiger partial charge in [-0.1, -0.05) is 0 Å². The second kappa shape index (κ2) is 5.09. The van der Waals surface area contributed by atoms with E-state index in [0.717, 1.165) is 15.9 Å². The van der Waals surface area contributed by atoms with E-state index in [4.69, 9.17) is 5.84 Å².